The number of aliphatic hydroxyl groups excluding tert-OH is 1. The fourth-order valence-corrected chi connectivity index (χ4v) is 1.29. The fourth-order valence-electron chi connectivity index (χ4n) is 1.29. The third-order valence-corrected chi connectivity index (χ3v) is 1.92. The van der Waals surface area contributed by atoms with Crippen LogP contribution in [0.25, 0.3) is 0 Å². The maximum Gasteiger partial charge on any atom is 0.327 e. The summed E-state index contributed by atoms with van der Waals surface area (Å²) in [7, 11) is 0. The smallest absolute Gasteiger partial charge is 0.327 e. The van der Waals surface area contributed by atoms with Crippen molar-refractivity contribution in [3.05, 3.63) is 10.1 Å². The lowest BCUT2D eigenvalue weighted by Gasteiger charge is -2.16. The van der Waals surface area contributed by atoms with Gasteiger partial charge < -0.3 is 9.84 Å². The SMILES string of the molecule is O=[N+]([O-])C1(CCO)CCCO1. The van der Waals surface area contributed by atoms with Crippen molar-refractivity contribution in [2.75, 3.05) is 13.2 Å². The largest absolute Gasteiger partial charge is 0.396 e. The van der Waals surface area contributed by atoms with Gasteiger partial charge in [-0.05, 0) is 6.42 Å². The number of nitro groups is 1. The van der Waals surface area contributed by atoms with Gasteiger partial charge in [0.05, 0.1) is 24.6 Å². The first kappa shape index (κ1) is 8.42. The zero-order valence-electron chi connectivity index (χ0n) is 6.15. The molecule has 5 nitrogen and oxygen atoms in total. The molecule has 0 radical (unpaired) electrons. The van der Waals surface area contributed by atoms with Crippen LogP contribution in [0.2, 0.25) is 0 Å². The summed E-state index contributed by atoms with van der Waals surface area (Å²) >= 11 is 0. The first-order valence-electron chi connectivity index (χ1n) is 3.60. The van der Waals surface area contributed by atoms with Gasteiger partial charge in [-0.2, -0.15) is 0 Å². The highest BCUT2D eigenvalue weighted by Crippen LogP contribution is 2.28. The summed E-state index contributed by atoms with van der Waals surface area (Å²) in [6.07, 6.45) is 1.22. The van der Waals surface area contributed by atoms with E-state index in [1.807, 2.05) is 0 Å². The Labute approximate surface area is 64.1 Å². The zero-order valence-corrected chi connectivity index (χ0v) is 6.15. The van der Waals surface area contributed by atoms with Crippen molar-refractivity contribution in [2.24, 2.45) is 0 Å². The molecule has 11 heavy (non-hydrogen) atoms. The lowest BCUT2D eigenvalue weighted by atomic mass is 10.1. The van der Waals surface area contributed by atoms with Gasteiger partial charge in [-0.25, -0.2) is 0 Å². The standard InChI is InChI=1S/C6H11NO4/c8-4-3-6(7(9)10)2-1-5-11-6/h8H,1-5H2. The van der Waals surface area contributed by atoms with Crippen LogP contribution in [0.4, 0.5) is 0 Å². The molecule has 1 fully saturated rings. The van der Waals surface area contributed by atoms with Gasteiger partial charge in [0.2, 0.25) is 0 Å². The molecule has 64 valence electrons. The van der Waals surface area contributed by atoms with Gasteiger partial charge >= 0.3 is 5.72 Å². The molecule has 1 rings (SSSR count). The van der Waals surface area contributed by atoms with Crippen molar-refractivity contribution >= 4 is 0 Å². The molecule has 0 spiro atoms. The highest BCUT2D eigenvalue weighted by molar-refractivity contribution is 4.73. The summed E-state index contributed by atoms with van der Waals surface area (Å²) in [5.74, 6) is 0. The molecule has 1 heterocycles. The van der Waals surface area contributed by atoms with E-state index in [0.717, 1.165) is 0 Å². The Balaban J connectivity index is 2.62. The molecule has 0 bridgehead atoms. The van der Waals surface area contributed by atoms with Crippen LogP contribution in [0.3, 0.4) is 0 Å². The Morgan fingerprint density at radius 3 is 2.82 bits per heavy atom. The highest BCUT2D eigenvalue weighted by atomic mass is 16.7. The zero-order chi connectivity index (χ0) is 8.32. The number of nitrogens with zero attached hydrogens (tertiary/aromatic N) is 1. The predicted octanol–water partition coefficient (Wildman–Crippen LogP) is 0.152. The van der Waals surface area contributed by atoms with Crippen molar-refractivity contribution in [3.8, 4) is 0 Å². The molecular weight excluding hydrogens is 150 g/mol. The summed E-state index contributed by atoms with van der Waals surface area (Å²) in [5.41, 5.74) is -1.28. The Morgan fingerprint density at radius 1 is 1.73 bits per heavy atom. The molecule has 0 aliphatic carbocycles. The topological polar surface area (TPSA) is 72.6 Å². The fraction of sp³-hybridized carbons (Fsp3) is 1.00. The lowest BCUT2D eigenvalue weighted by Crippen LogP contribution is -2.38. The van der Waals surface area contributed by atoms with Crippen molar-refractivity contribution in [3.63, 3.8) is 0 Å². The molecule has 1 aliphatic heterocycles. The van der Waals surface area contributed by atoms with E-state index in [0.29, 0.717) is 19.4 Å². The molecule has 1 atom stereocenters. The molecular formula is C6H11NO4. The maximum atomic E-state index is 10.5. The summed E-state index contributed by atoms with van der Waals surface area (Å²) in [5, 5.41) is 19.0. The normalized spacial score (nSPS) is 30.6. The molecule has 0 amide bonds. The first-order chi connectivity index (χ1) is 5.21. The van der Waals surface area contributed by atoms with E-state index < -0.39 is 10.6 Å². The van der Waals surface area contributed by atoms with Crippen LogP contribution in [0.5, 0.6) is 0 Å². The number of ether oxygens (including phenoxy) is 1. The van der Waals surface area contributed by atoms with Crippen molar-refractivity contribution in [1.82, 2.24) is 0 Å². The molecule has 1 aliphatic rings. The van der Waals surface area contributed by atoms with Crippen LogP contribution < -0.4 is 0 Å². The Hall–Kier alpha value is -0.680. The second-order valence-corrected chi connectivity index (χ2v) is 2.63. The highest BCUT2D eigenvalue weighted by Gasteiger charge is 2.46. The van der Waals surface area contributed by atoms with E-state index >= 15 is 0 Å². The molecule has 0 saturated carbocycles. The van der Waals surface area contributed by atoms with Crippen molar-refractivity contribution < 1.29 is 14.8 Å². The van der Waals surface area contributed by atoms with E-state index in [1.54, 1.807) is 0 Å². The predicted molar refractivity (Wildman–Crippen MR) is 36.6 cm³/mol. The van der Waals surface area contributed by atoms with Crippen LogP contribution >= 0.6 is 0 Å². The van der Waals surface area contributed by atoms with Gasteiger partial charge in [0.25, 0.3) is 0 Å². The quantitative estimate of drug-likeness (QED) is 0.472. The van der Waals surface area contributed by atoms with Gasteiger partial charge in [0.1, 0.15) is 0 Å². The van der Waals surface area contributed by atoms with E-state index in [2.05, 4.69) is 0 Å². The number of rotatable bonds is 3. The summed E-state index contributed by atoms with van der Waals surface area (Å²) in [6, 6.07) is 0. The van der Waals surface area contributed by atoms with Crippen LogP contribution in [-0.2, 0) is 4.74 Å². The Bertz CT molecular complexity index is 153. The molecule has 0 aromatic heterocycles. The Morgan fingerprint density at radius 2 is 2.45 bits per heavy atom. The van der Waals surface area contributed by atoms with E-state index in [1.165, 1.54) is 0 Å². The summed E-state index contributed by atoms with van der Waals surface area (Å²) in [6.45, 7) is 0.238. The Kier molecular flexibility index (Phi) is 2.41. The molecule has 1 unspecified atom stereocenters. The van der Waals surface area contributed by atoms with Crippen LogP contribution in [0.1, 0.15) is 19.3 Å². The molecule has 0 aromatic rings. The summed E-state index contributed by atoms with van der Waals surface area (Å²) in [4.78, 5) is 10.0. The second kappa shape index (κ2) is 3.15. The second-order valence-electron chi connectivity index (χ2n) is 2.63. The third kappa shape index (κ3) is 1.49. The van der Waals surface area contributed by atoms with Crippen LogP contribution in [0.15, 0.2) is 0 Å². The van der Waals surface area contributed by atoms with Crippen LogP contribution in [-0.4, -0.2) is 29.0 Å². The summed E-state index contributed by atoms with van der Waals surface area (Å²) < 4.78 is 4.98. The number of aliphatic hydroxyl groups is 1. The van der Waals surface area contributed by atoms with Crippen molar-refractivity contribution in [2.45, 2.75) is 25.0 Å². The molecule has 0 aromatic carbocycles. The number of hydrogen-bond acceptors (Lipinski definition) is 4. The molecule has 5 heteroatoms. The monoisotopic (exact) mass is 161 g/mol. The van der Waals surface area contributed by atoms with Crippen LogP contribution in [0, 0.1) is 10.1 Å². The maximum absolute atomic E-state index is 10.5. The minimum Gasteiger partial charge on any atom is -0.396 e. The minimum atomic E-state index is -1.28. The lowest BCUT2D eigenvalue weighted by molar-refractivity contribution is -0.624. The number of hydrogen-bond donors (Lipinski definition) is 1. The van der Waals surface area contributed by atoms with E-state index in [4.69, 9.17) is 9.84 Å². The van der Waals surface area contributed by atoms with E-state index in [9.17, 15) is 10.1 Å². The first-order valence-corrected chi connectivity index (χ1v) is 3.60. The average Bonchev–Trinajstić information content (AvgIpc) is 2.38. The van der Waals surface area contributed by atoms with Gasteiger partial charge in [-0.3, -0.25) is 10.1 Å². The van der Waals surface area contributed by atoms with Gasteiger partial charge in [-0.1, -0.05) is 0 Å². The average molecular weight is 161 g/mol. The van der Waals surface area contributed by atoms with E-state index in [-0.39, 0.29) is 13.0 Å². The minimum absolute atomic E-state index is 0.0972. The molecule has 1 N–H and O–H groups in total. The van der Waals surface area contributed by atoms with Gasteiger partial charge in [0.15, 0.2) is 0 Å². The van der Waals surface area contributed by atoms with Gasteiger partial charge in [-0.15, -0.1) is 0 Å². The van der Waals surface area contributed by atoms with Crippen molar-refractivity contribution in [1.29, 1.82) is 0 Å². The van der Waals surface area contributed by atoms with Gasteiger partial charge in [0, 0.05) is 6.42 Å². The molecule has 1 saturated heterocycles. The third-order valence-electron chi connectivity index (χ3n) is 1.92.